The second-order valence-electron chi connectivity index (χ2n) is 4.22. The summed E-state index contributed by atoms with van der Waals surface area (Å²) < 4.78 is 0. The fourth-order valence-corrected chi connectivity index (χ4v) is 2.02. The fraction of sp³-hybridized carbons (Fsp3) is 0. The summed E-state index contributed by atoms with van der Waals surface area (Å²) in [5, 5.41) is 9.65. The number of hydrogen-bond acceptors (Lipinski definition) is 5. The number of hydrogen-bond donors (Lipinski definition) is 5. The van der Waals surface area contributed by atoms with Crippen molar-refractivity contribution in [3.8, 4) is 16.9 Å². The first-order valence-corrected chi connectivity index (χ1v) is 6.02. The summed E-state index contributed by atoms with van der Waals surface area (Å²) in [6, 6.07) is 10.7. The second-order valence-corrected chi connectivity index (χ2v) is 4.22. The van der Waals surface area contributed by atoms with Crippen molar-refractivity contribution in [1.82, 2.24) is 10.9 Å². The van der Waals surface area contributed by atoms with Crippen LogP contribution in [0.2, 0.25) is 0 Å². The Hall–Kier alpha value is -2.90. The molecule has 0 aliphatic carbocycles. The molecule has 108 valence electrons. The predicted molar refractivity (Wildman–Crippen MR) is 76.9 cm³/mol. The Kier molecular flexibility index (Phi) is 4.17. The molecule has 0 atom stereocenters. The molecule has 0 aliphatic rings. The van der Waals surface area contributed by atoms with Gasteiger partial charge in [-0.15, -0.1) is 0 Å². The molecule has 7 nitrogen and oxygen atoms in total. The van der Waals surface area contributed by atoms with E-state index in [1.54, 1.807) is 24.3 Å². The Balaban J connectivity index is 2.69. The van der Waals surface area contributed by atoms with Gasteiger partial charge in [-0.25, -0.2) is 11.7 Å². The van der Waals surface area contributed by atoms with Gasteiger partial charge in [-0.1, -0.05) is 18.2 Å². The van der Waals surface area contributed by atoms with Crippen LogP contribution < -0.4 is 22.5 Å². The Labute approximate surface area is 120 Å². The highest BCUT2D eigenvalue weighted by molar-refractivity contribution is 6.06. The number of amides is 2. The first-order valence-electron chi connectivity index (χ1n) is 6.02. The van der Waals surface area contributed by atoms with Gasteiger partial charge in [0.1, 0.15) is 5.75 Å². The van der Waals surface area contributed by atoms with Crippen LogP contribution in [0.25, 0.3) is 11.1 Å². The topological polar surface area (TPSA) is 130 Å². The van der Waals surface area contributed by atoms with Gasteiger partial charge in [0.15, 0.2) is 0 Å². The quantitative estimate of drug-likeness (QED) is 0.314. The van der Waals surface area contributed by atoms with Crippen molar-refractivity contribution < 1.29 is 14.7 Å². The van der Waals surface area contributed by atoms with Crippen LogP contribution in [-0.4, -0.2) is 16.9 Å². The number of aromatic hydroxyl groups is 1. The summed E-state index contributed by atoms with van der Waals surface area (Å²) in [5.41, 5.74) is 5.40. The van der Waals surface area contributed by atoms with E-state index in [1.165, 1.54) is 18.2 Å². The molecule has 0 spiro atoms. The third-order valence-electron chi connectivity index (χ3n) is 2.97. The van der Waals surface area contributed by atoms with Gasteiger partial charge < -0.3 is 5.11 Å². The molecule has 0 fully saturated rings. The molecule has 2 aromatic rings. The maximum atomic E-state index is 11.8. The van der Waals surface area contributed by atoms with Gasteiger partial charge in [0.25, 0.3) is 11.8 Å². The van der Waals surface area contributed by atoms with E-state index in [0.717, 1.165) is 0 Å². The zero-order valence-corrected chi connectivity index (χ0v) is 11.0. The summed E-state index contributed by atoms with van der Waals surface area (Å²) in [6.45, 7) is 0. The van der Waals surface area contributed by atoms with Crippen LogP contribution in [0.1, 0.15) is 20.7 Å². The summed E-state index contributed by atoms with van der Waals surface area (Å²) in [7, 11) is 0. The van der Waals surface area contributed by atoms with Crippen LogP contribution in [0.4, 0.5) is 0 Å². The minimum absolute atomic E-state index is 0.0402. The molecular weight excluding hydrogens is 272 g/mol. The molecule has 2 amide bonds. The number of hydrazine groups is 2. The summed E-state index contributed by atoms with van der Waals surface area (Å²) in [5.74, 6) is 9.23. The van der Waals surface area contributed by atoms with E-state index in [1.807, 2.05) is 10.9 Å². The number of nitrogens with one attached hydrogen (secondary N) is 2. The number of carbonyl (C=O) groups is 2. The molecule has 2 aromatic carbocycles. The van der Waals surface area contributed by atoms with E-state index in [0.29, 0.717) is 11.1 Å². The van der Waals surface area contributed by atoms with Crippen molar-refractivity contribution in [3.63, 3.8) is 0 Å². The van der Waals surface area contributed by atoms with Crippen molar-refractivity contribution in [1.29, 1.82) is 0 Å². The van der Waals surface area contributed by atoms with E-state index in [2.05, 4.69) is 0 Å². The van der Waals surface area contributed by atoms with Crippen molar-refractivity contribution in [2.24, 2.45) is 11.7 Å². The number of nitrogen functional groups attached to an aromatic ring is 2. The Morgan fingerprint density at radius 1 is 0.857 bits per heavy atom. The highest BCUT2D eigenvalue weighted by atomic mass is 16.3. The van der Waals surface area contributed by atoms with Crippen molar-refractivity contribution >= 4 is 11.8 Å². The van der Waals surface area contributed by atoms with Gasteiger partial charge in [0.05, 0.1) is 0 Å². The molecular formula is C14H14N4O3. The van der Waals surface area contributed by atoms with Gasteiger partial charge in [0.2, 0.25) is 0 Å². The minimum Gasteiger partial charge on any atom is -0.508 e. The molecule has 0 heterocycles. The van der Waals surface area contributed by atoms with Crippen molar-refractivity contribution in [3.05, 3.63) is 53.6 Å². The Bertz CT molecular complexity index is 700. The molecule has 0 saturated heterocycles. The molecule has 0 saturated carbocycles. The number of rotatable bonds is 3. The summed E-state index contributed by atoms with van der Waals surface area (Å²) in [6.07, 6.45) is 0. The van der Waals surface area contributed by atoms with Crippen LogP contribution in [0.3, 0.4) is 0 Å². The minimum atomic E-state index is -0.534. The molecule has 0 unspecified atom stereocenters. The molecule has 7 N–H and O–H groups in total. The highest BCUT2D eigenvalue weighted by Gasteiger charge is 2.17. The predicted octanol–water partition coefficient (Wildman–Crippen LogP) is 0.266. The Morgan fingerprint density at radius 3 is 2.05 bits per heavy atom. The normalized spacial score (nSPS) is 10.0. The average molecular weight is 286 g/mol. The standard InChI is InChI=1S/C14H14N4O3/c15-17-13(20)10-4-2-1-3-9(10)12-7-8(19)5-6-11(12)14(21)18-16/h1-7,19H,15-16H2,(H,17,20)(H,18,21). The largest absolute Gasteiger partial charge is 0.508 e. The summed E-state index contributed by atoms with van der Waals surface area (Å²) >= 11 is 0. The molecule has 21 heavy (non-hydrogen) atoms. The third kappa shape index (κ3) is 2.83. The summed E-state index contributed by atoms with van der Waals surface area (Å²) in [4.78, 5) is 23.6. The van der Waals surface area contributed by atoms with E-state index < -0.39 is 11.8 Å². The molecule has 0 aromatic heterocycles. The molecule has 2 rings (SSSR count). The van der Waals surface area contributed by atoms with Gasteiger partial charge >= 0.3 is 0 Å². The average Bonchev–Trinajstić information content (AvgIpc) is 2.53. The first-order chi connectivity index (χ1) is 10.1. The lowest BCUT2D eigenvalue weighted by atomic mass is 9.94. The van der Waals surface area contributed by atoms with Crippen LogP contribution in [0.15, 0.2) is 42.5 Å². The van der Waals surface area contributed by atoms with Crippen LogP contribution in [-0.2, 0) is 0 Å². The van der Waals surface area contributed by atoms with Crippen LogP contribution >= 0.6 is 0 Å². The zero-order chi connectivity index (χ0) is 15.4. The van der Waals surface area contributed by atoms with Crippen molar-refractivity contribution in [2.75, 3.05) is 0 Å². The van der Waals surface area contributed by atoms with Crippen LogP contribution in [0.5, 0.6) is 5.75 Å². The van der Waals surface area contributed by atoms with E-state index in [4.69, 9.17) is 11.7 Å². The van der Waals surface area contributed by atoms with E-state index >= 15 is 0 Å². The monoisotopic (exact) mass is 286 g/mol. The lowest BCUT2D eigenvalue weighted by Crippen LogP contribution is -2.31. The zero-order valence-electron chi connectivity index (χ0n) is 11.0. The maximum Gasteiger partial charge on any atom is 0.265 e. The molecule has 0 bridgehead atoms. The molecule has 0 aliphatic heterocycles. The smallest absolute Gasteiger partial charge is 0.265 e. The lowest BCUT2D eigenvalue weighted by molar-refractivity contribution is 0.0944. The van der Waals surface area contributed by atoms with Gasteiger partial charge in [-0.3, -0.25) is 20.4 Å². The third-order valence-corrected chi connectivity index (χ3v) is 2.97. The van der Waals surface area contributed by atoms with Gasteiger partial charge in [0, 0.05) is 11.1 Å². The van der Waals surface area contributed by atoms with Crippen LogP contribution in [0, 0.1) is 0 Å². The molecule has 0 radical (unpaired) electrons. The van der Waals surface area contributed by atoms with E-state index in [-0.39, 0.29) is 16.9 Å². The van der Waals surface area contributed by atoms with Crippen molar-refractivity contribution in [2.45, 2.75) is 0 Å². The number of phenols is 1. The number of nitrogens with two attached hydrogens (primary N) is 2. The van der Waals surface area contributed by atoms with Gasteiger partial charge in [-0.05, 0) is 35.4 Å². The maximum absolute atomic E-state index is 11.8. The Morgan fingerprint density at radius 2 is 1.43 bits per heavy atom. The number of benzene rings is 2. The van der Waals surface area contributed by atoms with Gasteiger partial charge in [-0.2, -0.15) is 0 Å². The molecule has 7 heteroatoms. The fourth-order valence-electron chi connectivity index (χ4n) is 2.02. The van der Waals surface area contributed by atoms with E-state index in [9.17, 15) is 14.7 Å². The lowest BCUT2D eigenvalue weighted by Gasteiger charge is -2.12. The highest BCUT2D eigenvalue weighted by Crippen LogP contribution is 2.30. The SMILES string of the molecule is NNC(=O)c1ccccc1-c1cc(O)ccc1C(=O)NN. The number of carbonyl (C=O) groups excluding carboxylic acids is 2. The number of phenolic OH excluding ortho intramolecular Hbond substituents is 1. The first kappa shape index (κ1) is 14.5. The second kappa shape index (κ2) is 6.04.